The van der Waals surface area contributed by atoms with Crippen molar-refractivity contribution in [3.05, 3.63) is 32.9 Å². The SMILES string of the molecule is CC(=O)C(Cl)c1ccc(C(O)C(=O)O)cc1I. The van der Waals surface area contributed by atoms with Gasteiger partial charge in [0.1, 0.15) is 5.38 Å². The number of aliphatic hydroxyl groups excluding tert-OH is 1. The van der Waals surface area contributed by atoms with Crippen molar-refractivity contribution in [3.63, 3.8) is 0 Å². The Morgan fingerprint density at radius 2 is 2.00 bits per heavy atom. The fraction of sp³-hybridized carbons (Fsp3) is 0.273. The first-order chi connectivity index (χ1) is 7.84. The number of carbonyl (C=O) groups is 2. The molecule has 0 amide bonds. The highest BCUT2D eigenvalue weighted by Crippen LogP contribution is 2.28. The molecule has 0 aromatic heterocycles. The third-order valence-electron chi connectivity index (χ3n) is 2.20. The summed E-state index contributed by atoms with van der Waals surface area (Å²) in [6.07, 6.45) is -1.57. The summed E-state index contributed by atoms with van der Waals surface area (Å²) < 4.78 is 0.649. The van der Waals surface area contributed by atoms with Gasteiger partial charge in [0, 0.05) is 3.57 Å². The largest absolute Gasteiger partial charge is 0.479 e. The monoisotopic (exact) mass is 368 g/mol. The summed E-state index contributed by atoms with van der Waals surface area (Å²) in [6.45, 7) is 1.38. The Morgan fingerprint density at radius 1 is 1.41 bits per heavy atom. The zero-order chi connectivity index (χ0) is 13.2. The van der Waals surface area contributed by atoms with Gasteiger partial charge in [0.2, 0.25) is 0 Å². The van der Waals surface area contributed by atoms with E-state index in [1.54, 1.807) is 6.07 Å². The summed E-state index contributed by atoms with van der Waals surface area (Å²) in [5, 5.41) is 17.3. The van der Waals surface area contributed by atoms with Crippen LogP contribution in [0.25, 0.3) is 0 Å². The minimum Gasteiger partial charge on any atom is -0.479 e. The molecule has 0 saturated heterocycles. The number of aliphatic hydroxyl groups is 1. The Kier molecular flexibility index (Phi) is 4.91. The van der Waals surface area contributed by atoms with Crippen LogP contribution < -0.4 is 0 Å². The van der Waals surface area contributed by atoms with E-state index < -0.39 is 17.5 Å². The molecule has 0 aliphatic carbocycles. The molecule has 0 saturated carbocycles. The van der Waals surface area contributed by atoms with Crippen LogP contribution in [0.2, 0.25) is 0 Å². The topological polar surface area (TPSA) is 74.6 Å². The van der Waals surface area contributed by atoms with Crippen molar-refractivity contribution < 1.29 is 19.8 Å². The van der Waals surface area contributed by atoms with Crippen molar-refractivity contribution in [1.29, 1.82) is 0 Å². The van der Waals surface area contributed by atoms with E-state index in [9.17, 15) is 14.7 Å². The lowest BCUT2D eigenvalue weighted by Gasteiger charge is -2.12. The van der Waals surface area contributed by atoms with E-state index in [-0.39, 0.29) is 11.3 Å². The van der Waals surface area contributed by atoms with Gasteiger partial charge in [-0.05, 0) is 46.7 Å². The highest BCUT2D eigenvalue weighted by atomic mass is 127. The first-order valence-electron chi connectivity index (χ1n) is 4.69. The Bertz CT molecular complexity index is 461. The predicted molar refractivity (Wildman–Crippen MR) is 71.0 cm³/mol. The molecule has 6 heteroatoms. The number of alkyl halides is 1. The molecule has 0 heterocycles. The number of carbonyl (C=O) groups excluding carboxylic acids is 1. The van der Waals surface area contributed by atoms with E-state index in [1.165, 1.54) is 19.1 Å². The van der Waals surface area contributed by atoms with Crippen molar-refractivity contribution in [3.8, 4) is 0 Å². The van der Waals surface area contributed by atoms with Crippen LogP contribution in [0.5, 0.6) is 0 Å². The molecule has 0 spiro atoms. The number of rotatable bonds is 4. The predicted octanol–water partition coefficient (Wildman–Crippen LogP) is 2.28. The van der Waals surface area contributed by atoms with Gasteiger partial charge in [-0.1, -0.05) is 12.1 Å². The number of halogens is 2. The molecule has 2 atom stereocenters. The Morgan fingerprint density at radius 3 is 2.41 bits per heavy atom. The van der Waals surface area contributed by atoms with Gasteiger partial charge in [-0.15, -0.1) is 11.6 Å². The average molecular weight is 369 g/mol. The molecule has 0 bridgehead atoms. The van der Waals surface area contributed by atoms with Crippen LogP contribution in [0.1, 0.15) is 29.5 Å². The maximum absolute atomic E-state index is 11.1. The second-order valence-electron chi connectivity index (χ2n) is 3.49. The van der Waals surface area contributed by atoms with E-state index in [0.717, 1.165) is 0 Å². The van der Waals surface area contributed by atoms with Gasteiger partial charge in [-0.3, -0.25) is 4.79 Å². The summed E-state index contributed by atoms with van der Waals surface area (Å²) in [5.74, 6) is -1.50. The molecule has 0 aliphatic heterocycles. The van der Waals surface area contributed by atoms with Crippen LogP contribution in [0.3, 0.4) is 0 Å². The molecule has 2 N–H and O–H groups in total. The van der Waals surface area contributed by atoms with E-state index in [4.69, 9.17) is 16.7 Å². The van der Waals surface area contributed by atoms with Crippen LogP contribution in [0, 0.1) is 3.57 Å². The molecule has 17 heavy (non-hydrogen) atoms. The van der Waals surface area contributed by atoms with Gasteiger partial charge in [0.25, 0.3) is 0 Å². The van der Waals surface area contributed by atoms with Crippen LogP contribution in [0.4, 0.5) is 0 Å². The van der Waals surface area contributed by atoms with Gasteiger partial charge in [-0.2, -0.15) is 0 Å². The Hall–Kier alpha value is -0.660. The third-order valence-corrected chi connectivity index (χ3v) is 3.68. The lowest BCUT2D eigenvalue weighted by Crippen LogP contribution is -2.11. The van der Waals surface area contributed by atoms with Gasteiger partial charge < -0.3 is 10.2 Å². The zero-order valence-corrected chi connectivity index (χ0v) is 11.8. The van der Waals surface area contributed by atoms with Crippen molar-refractivity contribution in [2.75, 3.05) is 0 Å². The number of carboxylic acids is 1. The highest BCUT2D eigenvalue weighted by Gasteiger charge is 2.20. The second-order valence-corrected chi connectivity index (χ2v) is 5.09. The van der Waals surface area contributed by atoms with Crippen molar-refractivity contribution in [2.24, 2.45) is 0 Å². The number of aliphatic carboxylic acids is 1. The molecule has 1 rings (SSSR count). The van der Waals surface area contributed by atoms with Gasteiger partial charge in [-0.25, -0.2) is 4.79 Å². The summed E-state index contributed by atoms with van der Waals surface area (Å²) in [7, 11) is 0. The maximum atomic E-state index is 11.1. The van der Waals surface area contributed by atoms with Crippen LogP contribution in [-0.4, -0.2) is 22.0 Å². The van der Waals surface area contributed by atoms with Crippen molar-refractivity contribution in [2.45, 2.75) is 18.4 Å². The number of Topliss-reactive ketones (excluding diaryl/α,β-unsaturated/α-hetero) is 1. The number of hydrogen-bond acceptors (Lipinski definition) is 3. The molecular formula is C11H10ClIO4. The second kappa shape index (κ2) is 5.79. The molecule has 4 nitrogen and oxygen atoms in total. The molecule has 0 fully saturated rings. The molecule has 92 valence electrons. The Balaban J connectivity index is 3.10. The zero-order valence-electron chi connectivity index (χ0n) is 8.85. The quantitative estimate of drug-likeness (QED) is 0.632. The van der Waals surface area contributed by atoms with Crippen LogP contribution in [0.15, 0.2) is 18.2 Å². The summed E-state index contributed by atoms with van der Waals surface area (Å²) >= 11 is 7.86. The molecule has 1 aromatic carbocycles. The van der Waals surface area contributed by atoms with Gasteiger partial charge in [0.15, 0.2) is 11.9 Å². The first-order valence-corrected chi connectivity index (χ1v) is 6.21. The molecule has 0 radical (unpaired) electrons. The van der Waals surface area contributed by atoms with Crippen LogP contribution in [-0.2, 0) is 9.59 Å². The van der Waals surface area contributed by atoms with E-state index in [2.05, 4.69) is 0 Å². The number of carboxylic acid groups (broad SMARTS) is 1. The molecule has 2 unspecified atom stereocenters. The standard InChI is InChI=1S/C11H10ClIO4/c1-5(14)9(12)7-3-2-6(4-8(7)13)10(15)11(16)17/h2-4,9-10,15H,1H3,(H,16,17). The summed E-state index contributed by atoms with van der Waals surface area (Å²) in [5.41, 5.74) is 0.874. The van der Waals surface area contributed by atoms with Gasteiger partial charge in [0.05, 0.1) is 0 Å². The average Bonchev–Trinajstić information content (AvgIpc) is 2.26. The van der Waals surface area contributed by atoms with E-state index in [1.807, 2.05) is 22.6 Å². The maximum Gasteiger partial charge on any atom is 0.337 e. The summed E-state index contributed by atoms with van der Waals surface area (Å²) in [4.78, 5) is 21.8. The molecule has 0 aliphatic rings. The number of ketones is 1. The number of benzene rings is 1. The smallest absolute Gasteiger partial charge is 0.337 e. The van der Waals surface area contributed by atoms with Gasteiger partial charge >= 0.3 is 5.97 Å². The lowest BCUT2D eigenvalue weighted by atomic mass is 10.0. The molecule has 1 aromatic rings. The Labute approximate surface area is 117 Å². The summed E-state index contributed by atoms with van der Waals surface area (Å²) in [6, 6.07) is 4.52. The van der Waals surface area contributed by atoms with Crippen LogP contribution >= 0.6 is 34.2 Å². The minimum absolute atomic E-state index is 0.184. The van der Waals surface area contributed by atoms with Crippen molar-refractivity contribution >= 4 is 45.9 Å². The third kappa shape index (κ3) is 3.40. The number of hydrogen-bond donors (Lipinski definition) is 2. The highest BCUT2D eigenvalue weighted by molar-refractivity contribution is 14.1. The minimum atomic E-state index is -1.57. The normalized spacial score (nSPS) is 14.1. The van der Waals surface area contributed by atoms with E-state index in [0.29, 0.717) is 9.13 Å². The fourth-order valence-electron chi connectivity index (χ4n) is 1.28. The first kappa shape index (κ1) is 14.4. The molecular weight excluding hydrogens is 358 g/mol. The lowest BCUT2D eigenvalue weighted by molar-refractivity contribution is -0.147. The van der Waals surface area contributed by atoms with Crippen molar-refractivity contribution in [1.82, 2.24) is 0 Å². The fourth-order valence-corrected chi connectivity index (χ4v) is 2.51. The van der Waals surface area contributed by atoms with E-state index >= 15 is 0 Å².